The lowest BCUT2D eigenvalue weighted by Crippen LogP contribution is -1.86. The number of aromatic amines is 2. The fraction of sp³-hybridized carbons (Fsp3) is 0. The van der Waals surface area contributed by atoms with Gasteiger partial charge in [0.2, 0.25) is 0 Å². The van der Waals surface area contributed by atoms with Crippen molar-refractivity contribution in [3.8, 4) is 0 Å². The summed E-state index contributed by atoms with van der Waals surface area (Å²) in [6.07, 6.45) is 6.49. The van der Waals surface area contributed by atoms with Gasteiger partial charge in [0.15, 0.2) is 0 Å². The zero-order valence-electron chi connectivity index (χ0n) is 14.2. The Kier molecular flexibility index (Phi) is 3.46. The number of hydrogen-bond acceptors (Lipinski definition) is 0. The Morgan fingerprint density at radius 2 is 1.08 bits per heavy atom. The van der Waals surface area contributed by atoms with Crippen LogP contribution < -0.4 is 0 Å². The molecule has 2 heterocycles. The van der Waals surface area contributed by atoms with Crippen molar-refractivity contribution in [2.24, 2.45) is 0 Å². The van der Waals surface area contributed by atoms with Crippen molar-refractivity contribution < 1.29 is 0 Å². The molecule has 2 N–H and O–H groups in total. The summed E-state index contributed by atoms with van der Waals surface area (Å²) in [5, 5.41) is 2.47. The van der Waals surface area contributed by atoms with Gasteiger partial charge in [0.1, 0.15) is 0 Å². The lowest BCUT2D eigenvalue weighted by Gasteiger charge is -2.07. The molecule has 0 saturated heterocycles. The average Bonchev–Trinajstić information content (AvgIpc) is 3.32. The van der Waals surface area contributed by atoms with Crippen molar-refractivity contribution in [2.45, 2.75) is 0 Å². The average molecular weight is 334 g/mol. The molecule has 5 aromatic rings. The molecule has 2 aromatic heterocycles. The van der Waals surface area contributed by atoms with Gasteiger partial charge in [0, 0.05) is 45.3 Å². The molecule has 124 valence electrons. The van der Waals surface area contributed by atoms with Gasteiger partial charge in [-0.1, -0.05) is 66.7 Å². The summed E-state index contributed by atoms with van der Waals surface area (Å²) in [4.78, 5) is 6.83. The van der Waals surface area contributed by atoms with Gasteiger partial charge in [-0.25, -0.2) is 0 Å². The maximum absolute atomic E-state index is 3.41. The van der Waals surface area contributed by atoms with E-state index in [2.05, 4.69) is 101 Å². The third-order valence-electron chi connectivity index (χ3n) is 4.87. The first-order valence-corrected chi connectivity index (χ1v) is 8.80. The van der Waals surface area contributed by atoms with Gasteiger partial charge in [-0.2, -0.15) is 0 Å². The Hall–Kier alpha value is -3.52. The van der Waals surface area contributed by atoms with Crippen LogP contribution in [0.5, 0.6) is 0 Å². The Bertz CT molecular complexity index is 1150. The summed E-state index contributed by atoms with van der Waals surface area (Å²) in [7, 11) is 0. The SMILES string of the molecule is C(=C(c1c[nH]c2ccccc12)c1c[nH]c2ccccc12)c1ccccc1. The van der Waals surface area contributed by atoms with E-state index in [-0.39, 0.29) is 0 Å². The van der Waals surface area contributed by atoms with Crippen molar-refractivity contribution in [3.05, 3.63) is 108 Å². The van der Waals surface area contributed by atoms with Crippen molar-refractivity contribution in [3.63, 3.8) is 0 Å². The number of aromatic nitrogens is 2. The summed E-state index contributed by atoms with van der Waals surface area (Å²) >= 11 is 0. The predicted octanol–water partition coefficient (Wildman–Crippen LogP) is 6.24. The van der Waals surface area contributed by atoms with Crippen molar-refractivity contribution in [1.29, 1.82) is 0 Å². The van der Waals surface area contributed by atoms with E-state index >= 15 is 0 Å². The lowest BCUT2D eigenvalue weighted by molar-refractivity contribution is 1.45. The monoisotopic (exact) mass is 334 g/mol. The maximum Gasteiger partial charge on any atom is 0.0460 e. The topological polar surface area (TPSA) is 31.6 Å². The Balaban J connectivity index is 1.80. The van der Waals surface area contributed by atoms with Crippen molar-refractivity contribution in [1.82, 2.24) is 9.97 Å². The van der Waals surface area contributed by atoms with E-state index < -0.39 is 0 Å². The highest BCUT2D eigenvalue weighted by molar-refractivity contribution is 6.07. The van der Waals surface area contributed by atoms with Crippen LogP contribution >= 0.6 is 0 Å². The molecule has 0 aliphatic rings. The first-order chi connectivity index (χ1) is 12.9. The van der Waals surface area contributed by atoms with E-state index in [1.165, 1.54) is 33.0 Å². The van der Waals surface area contributed by atoms with Crippen LogP contribution in [0.15, 0.2) is 91.3 Å². The number of para-hydroxylation sites is 2. The van der Waals surface area contributed by atoms with Gasteiger partial charge in [0.25, 0.3) is 0 Å². The summed E-state index contributed by atoms with van der Waals surface area (Å²) in [6, 6.07) is 27.4. The van der Waals surface area contributed by atoms with Gasteiger partial charge in [0.05, 0.1) is 0 Å². The fourth-order valence-electron chi connectivity index (χ4n) is 3.61. The second kappa shape index (κ2) is 6.08. The maximum atomic E-state index is 3.41. The summed E-state index contributed by atoms with van der Waals surface area (Å²) < 4.78 is 0. The molecule has 2 heteroatoms. The molecule has 0 aliphatic heterocycles. The van der Waals surface area contributed by atoms with E-state index in [9.17, 15) is 0 Å². The molecular formula is C24H18N2. The Morgan fingerprint density at radius 3 is 1.65 bits per heavy atom. The predicted molar refractivity (Wildman–Crippen MR) is 110 cm³/mol. The fourth-order valence-corrected chi connectivity index (χ4v) is 3.61. The molecule has 0 bridgehead atoms. The van der Waals surface area contributed by atoms with Crippen molar-refractivity contribution >= 4 is 33.5 Å². The minimum Gasteiger partial charge on any atom is -0.361 e. The minimum absolute atomic E-state index is 1.15. The van der Waals surface area contributed by atoms with E-state index in [0.717, 1.165) is 11.0 Å². The molecule has 0 saturated carbocycles. The van der Waals surface area contributed by atoms with Crippen LogP contribution in [0.1, 0.15) is 16.7 Å². The van der Waals surface area contributed by atoms with E-state index in [1.54, 1.807) is 0 Å². The van der Waals surface area contributed by atoms with E-state index in [4.69, 9.17) is 0 Å². The second-order valence-corrected chi connectivity index (χ2v) is 6.46. The highest BCUT2D eigenvalue weighted by Crippen LogP contribution is 2.35. The smallest absolute Gasteiger partial charge is 0.0460 e. The van der Waals surface area contributed by atoms with Gasteiger partial charge in [-0.3, -0.25) is 0 Å². The molecule has 3 aromatic carbocycles. The highest BCUT2D eigenvalue weighted by Gasteiger charge is 2.14. The number of H-pyrrole nitrogens is 2. The van der Waals surface area contributed by atoms with Crippen LogP contribution in [0.2, 0.25) is 0 Å². The van der Waals surface area contributed by atoms with Crippen LogP contribution in [-0.4, -0.2) is 9.97 Å². The van der Waals surface area contributed by atoms with Gasteiger partial charge < -0.3 is 9.97 Å². The molecule has 26 heavy (non-hydrogen) atoms. The number of nitrogens with one attached hydrogen (secondary N) is 2. The van der Waals surface area contributed by atoms with Crippen molar-refractivity contribution in [2.75, 3.05) is 0 Å². The molecular weight excluding hydrogens is 316 g/mol. The van der Waals surface area contributed by atoms with Crippen LogP contribution in [0.4, 0.5) is 0 Å². The molecule has 0 fully saturated rings. The summed E-state index contributed by atoms with van der Waals surface area (Å²) in [5.41, 5.74) is 7.15. The molecule has 0 amide bonds. The number of fused-ring (bicyclic) bond motifs is 2. The Morgan fingerprint density at radius 1 is 0.577 bits per heavy atom. The molecule has 0 aliphatic carbocycles. The van der Waals surface area contributed by atoms with Crippen LogP contribution in [-0.2, 0) is 0 Å². The second-order valence-electron chi connectivity index (χ2n) is 6.46. The zero-order valence-corrected chi connectivity index (χ0v) is 14.2. The first-order valence-electron chi connectivity index (χ1n) is 8.80. The molecule has 2 nitrogen and oxygen atoms in total. The van der Waals surface area contributed by atoms with Gasteiger partial charge in [-0.15, -0.1) is 0 Å². The third kappa shape index (κ3) is 2.44. The van der Waals surface area contributed by atoms with E-state index in [0.29, 0.717) is 0 Å². The molecule has 0 spiro atoms. The summed E-state index contributed by atoms with van der Waals surface area (Å²) in [6.45, 7) is 0. The summed E-state index contributed by atoms with van der Waals surface area (Å²) in [5.74, 6) is 0. The first kappa shape index (κ1) is 14.8. The Labute approximate surface area is 151 Å². The van der Waals surface area contributed by atoms with E-state index in [1.807, 2.05) is 6.07 Å². The molecule has 0 radical (unpaired) electrons. The number of benzene rings is 3. The van der Waals surface area contributed by atoms with Gasteiger partial charge >= 0.3 is 0 Å². The number of hydrogen-bond donors (Lipinski definition) is 2. The lowest BCUT2D eigenvalue weighted by atomic mass is 9.95. The quantitative estimate of drug-likeness (QED) is 0.391. The normalized spacial score (nSPS) is 11.1. The molecule has 0 unspecified atom stereocenters. The third-order valence-corrected chi connectivity index (χ3v) is 4.87. The van der Waals surface area contributed by atoms with Gasteiger partial charge in [-0.05, 0) is 29.3 Å². The molecule has 5 rings (SSSR count). The standard InChI is InChI=1S/C24H18N2/c1-2-8-17(9-3-1)14-20(21-15-25-23-12-6-4-10-18(21)23)22-16-26-24-13-7-5-11-19(22)24/h1-16,25-26H. The number of rotatable bonds is 3. The zero-order chi connectivity index (χ0) is 17.3. The largest absolute Gasteiger partial charge is 0.361 e. The van der Waals surface area contributed by atoms with Crippen LogP contribution in [0.25, 0.3) is 33.5 Å². The highest BCUT2D eigenvalue weighted by atomic mass is 14.7. The van der Waals surface area contributed by atoms with Crippen LogP contribution in [0.3, 0.4) is 0 Å². The van der Waals surface area contributed by atoms with Crippen LogP contribution in [0, 0.1) is 0 Å². The molecule has 0 atom stereocenters. The minimum atomic E-state index is 1.15.